The van der Waals surface area contributed by atoms with Crippen LogP contribution in [0.3, 0.4) is 0 Å². The molecular weight excluding hydrogens is 380 g/mol. The number of thiophene rings is 1. The molecule has 29 heavy (non-hydrogen) atoms. The van der Waals surface area contributed by atoms with Gasteiger partial charge in [-0.3, -0.25) is 4.79 Å². The standard InChI is InChI=1S/C24H22N2O2S/c1-2-13-28-18-11-9-17(10-12-18)23-15-21(20-7-3-4-8-22(20)26-23)24(27)25-16-19-6-5-14-29-19/h3-12,14-15H,2,13,16H2,1H3,(H,25,27). The molecule has 5 heteroatoms. The summed E-state index contributed by atoms with van der Waals surface area (Å²) in [5, 5.41) is 5.89. The molecule has 2 aromatic carbocycles. The average Bonchev–Trinajstić information content (AvgIpc) is 3.29. The molecular formula is C24H22N2O2S. The summed E-state index contributed by atoms with van der Waals surface area (Å²) in [6.45, 7) is 3.30. The molecule has 0 aliphatic heterocycles. The van der Waals surface area contributed by atoms with Crippen molar-refractivity contribution in [2.45, 2.75) is 19.9 Å². The fourth-order valence-corrected chi connectivity index (χ4v) is 3.77. The molecule has 0 radical (unpaired) electrons. The molecule has 146 valence electrons. The number of nitrogens with zero attached hydrogens (tertiary/aromatic N) is 1. The highest BCUT2D eigenvalue weighted by molar-refractivity contribution is 7.09. The maximum Gasteiger partial charge on any atom is 0.252 e. The number of fused-ring (bicyclic) bond motifs is 1. The van der Waals surface area contributed by atoms with Gasteiger partial charge < -0.3 is 10.1 Å². The fourth-order valence-electron chi connectivity index (χ4n) is 3.13. The normalized spacial score (nSPS) is 10.8. The van der Waals surface area contributed by atoms with Gasteiger partial charge in [0.1, 0.15) is 5.75 Å². The molecule has 4 nitrogen and oxygen atoms in total. The van der Waals surface area contributed by atoms with Gasteiger partial charge in [0.05, 0.1) is 29.9 Å². The predicted molar refractivity (Wildman–Crippen MR) is 118 cm³/mol. The molecule has 0 bridgehead atoms. The van der Waals surface area contributed by atoms with Crippen LogP contribution >= 0.6 is 11.3 Å². The lowest BCUT2D eigenvalue weighted by molar-refractivity contribution is 0.0953. The van der Waals surface area contributed by atoms with Crippen molar-refractivity contribution in [2.24, 2.45) is 0 Å². The summed E-state index contributed by atoms with van der Waals surface area (Å²) in [5.41, 5.74) is 3.16. The van der Waals surface area contributed by atoms with Gasteiger partial charge in [-0.25, -0.2) is 4.98 Å². The van der Waals surface area contributed by atoms with Crippen LogP contribution < -0.4 is 10.1 Å². The largest absolute Gasteiger partial charge is 0.494 e. The number of carbonyl (C=O) groups excluding carboxylic acids is 1. The minimum Gasteiger partial charge on any atom is -0.494 e. The van der Waals surface area contributed by atoms with Crippen LogP contribution in [0.5, 0.6) is 5.75 Å². The van der Waals surface area contributed by atoms with E-state index >= 15 is 0 Å². The molecule has 0 aliphatic rings. The van der Waals surface area contributed by atoms with Gasteiger partial charge in [-0.1, -0.05) is 31.2 Å². The van der Waals surface area contributed by atoms with Crippen LogP contribution in [0.25, 0.3) is 22.2 Å². The fraction of sp³-hybridized carbons (Fsp3) is 0.167. The molecule has 0 spiro atoms. The molecule has 0 saturated heterocycles. The summed E-state index contributed by atoms with van der Waals surface area (Å²) in [6, 6.07) is 21.5. The summed E-state index contributed by atoms with van der Waals surface area (Å²) in [7, 11) is 0. The Morgan fingerprint density at radius 2 is 1.90 bits per heavy atom. The van der Waals surface area contributed by atoms with Crippen molar-refractivity contribution in [1.82, 2.24) is 10.3 Å². The first-order chi connectivity index (χ1) is 14.2. The zero-order valence-electron chi connectivity index (χ0n) is 16.2. The summed E-state index contributed by atoms with van der Waals surface area (Å²) in [6.07, 6.45) is 0.970. The van der Waals surface area contributed by atoms with Crippen molar-refractivity contribution in [3.05, 3.63) is 82.6 Å². The quantitative estimate of drug-likeness (QED) is 0.432. The van der Waals surface area contributed by atoms with E-state index in [2.05, 4.69) is 12.2 Å². The van der Waals surface area contributed by atoms with Gasteiger partial charge in [-0.2, -0.15) is 0 Å². The molecule has 1 N–H and O–H groups in total. The van der Waals surface area contributed by atoms with Crippen molar-refractivity contribution < 1.29 is 9.53 Å². The van der Waals surface area contributed by atoms with Gasteiger partial charge in [-0.15, -0.1) is 11.3 Å². The summed E-state index contributed by atoms with van der Waals surface area (Å²) >= 11 is 1.63. The number of benzene rings is 2. The van der Waals surface area contributed by atoms with Gasteiger partial charge in [0.15, 0.2) is 0 Å². The maximum absolute atomic E-state index is 13.0. The molecule has 0 aliphatic carbocycles. The third-order valence-corrected chi connectivity index (χ3v) is 5.46. The lowest BCUT2D eigenvalue weighted by Crippen LogP contribution is -2.22. The van der Waals surface area contributed by atoms with Crippen LogP contribution in [-0.4, -0.2) is 17.5 Å². The van der Waals surface area contributed by atoms with Crippen LogP contribution in [0.15, 0.2) is 72.1 Å². The third kappa shape index (κ3) is 4.46. The Morgan fingerprint density at radius 3 is 2.66 bits per heavy atom. The number of para-hydroxylation sites is 1. The van der Waals surface area contributed by atoms with E-state index in [0.717, 1.165) is 39.2 Å². The van der Waals surface area contributed by atoms with Crippen LogP contribution in [-0.2, 0) is 6.54 Å². The number of amides is 1. The minimum absolute atomic E-state index is 0.0962. The molecule has 1 amide bonds. The van der Waals surface area contributed by atoms with Crippen molar-refractivity contribution in [2.75, 3.05) is 6.61 Å². The lowest BCUT2D eigenvalue weighted by Gasteiger charge is -2.11. The highest BCUT2D eigenvalue weighted by Gasteiger charge is 2.14. The van der Waals surface area contributed by atoms with Crippen molar-refractivity contribution in [1.29, 1.82) is 0 Å². The monoisotopic (exact) mass is 402 g/mol. The minimum atomic E-state index is -0.0962. The highest BCUT2D eigenvalue weighted by Crippen LogP contribution is 2.26. The summed E-state index contributed by atoms with van der Waals surface area (Å²) < 4.78 is 5.66. The summed E-state index contributed by atoms with van der Waals surface area (Å²) in [5.74, 6) is 0.742. The number of ether oxygens (including phenoxy) is 1. The van der Waals surface area contributed by atoms with Gasteiger partial charge in [0.2, 0.25) is 0 Å². The Kier molecular flexibility index (Phi) is 5.86. The van der Waals surface area contributed by atoms with Gasteiger partial charge in [0, 0.05) is 15.8 Å². The Morgan fingerprint density at radius 1 is 1.07 bits per heavy atom. The smallest absolute Gasteiger partial charge is 0.252 e. The molecule has 0 unspecified atom stereocenters. The molecule has 0 atom stereocenters. The SMILES string of the molecule is CCCOc1ccc(-c2cc(C(=O)NCc3cccs3)c3ccccc3n2)cc1. The lowest BCUT2D eigenvalue weighted by atomic mass is 10.0. The van der Waals surface area contributed by atoms with Crippen molar-refractivity contribution >= 4 is 28.1 Å². The number of hydrogen-bond acceptors (Lipinski definition) is 4. The Labute approximate surface area is 174 Å². The molecule has 2 heterocycles. The second-order valence-electron chi connectivity index (χ2n) is 6.71. The third-order valence-electron chi connectivity index (χ3n) is 4.59. The summed E-state index contributed by atoms with van der Waals surface area (Å²) in [4.78, 5) is 18.9. The predicted octanol–water partition coefficient (Wildman–Crippen LogP) is 5.68. The van der Waals surface area contributed by atoms with E-state index < -0.39 is 0 Å². The second-order valence-corrected chi connectivity index (χ2v) is 7.74. The second kappa shape index (κ2) is 8.88. The van der Waals surface area contributed by atoms with E-state index in [0.29, 0.717) is 18.7 Å². The van der Waals surface area contributed by atoms with Crippen LogP contribution in [0, 0.1) is 0 Å². The van der Waals surface area contributed by atoms with E-state index in [4.69, 9.17) is 9.72 Å². The first kappa shape index (κ1) is 19.2. The van der Waals surface area contributed by atoms with Gasteiger partial charge >= 0.3 is 0 Å². The van der Waals surface area contributed by atoms with E-state index in [1.54, 1.807) is 11.3 Å². The maximum atomic E-state index is 13.0. The first-order valence-electron chi connectivity index (χ1n) is 9.68. The van der Waals surface area contributed by atoms with E-state index in [9.17, 15) is 4.79 Å². The zero-order chi connectivity index (χ0) is 20.1. The van der Waals surface area contributed by atoms with Gasteiger partial charge in [-0.05, 0) is 54.3 Å². The molecule has 0 saturated carbocycles. The van der Waals surface area contributed by atoms with Gasteiger partial charge in [0.25, 0.3) is 5.91 Å². The van der Waals surface area contributed by atoms with Crippen molar-refractivity contribution in [3.63, 3.8) is 0 Å². The topological polar surface area (TPSA) is 51.2 Å². The number of rotatable bonds is 7. The number of hydrogen-bond donors (Lipinski definition) is 1. The number of aromatic nitrogens is 1. The van der Waals surface area contributed by atoms with Crippen molar-refractivity contribution in [3.8, 4) is 17.0 Å². The number of pyridine rings is 1. The Hall–Kier alpha value is -3.18. The van der Waals surface area contributed by atoms with E-state index in [1.807, 2.05) is 72.1 Å². The number of carbonyl (C=O) groups is 1. The Balaban J connectivity index is 1.66. The Bertz CT molecular complexity index is 1110. The molecule has 2 aromatic heterocycles. The first-order valence-corrected chi connectivity index (χ1v) is 10.6. The van der Waals surface area contributed by atoms with Crippen LogP contribution in [0.4, 0.5) is 0 Å². The number of nitrogens with one attached hydrogen (secondary N) is 1. The van der Waals surface area contributed by atoms with E-state index in [1.165, 1.54) is 0 Å². The van der Waals surface area contributed by atoms with E-state index in [-0.39, 0.29) is 5.91 Å². The van der Waals surface area contributed by atoms with Crippen LogP contribution in [0.1, 0.15) is 28.6 Å². The average molecular weight is 403 g/mol. The molecule has 0 fully saturated rings. The van der Waals surface area contributed by atoms with Crippen LogP contribution in [0.2, 0.25) is 0 Å². The molecule has 4 aromatic rings. The zero-order valence-corrected chi connectivity index (χ0v) is 17.0. The molecule has 4 rings (SSSR count). The highest BCUT2D eigenvalue weighted by atomic mass is 32.1.